The molecule has 0 saturated carbocycles. The Labute approximate surface area is 120 Å². The lowest BCUT2D eigenvalue weighted by Gasteiger charge is -2.04. The fourth-order valence-electron chi connectivity index (χ4n) is 1.60. The highest BCUT2D eigenvalue weighted by molar-refractivity contribution is 9.10. The van der Waals surface area contributed by atoms with E-state index >= 15 is 0 Å². The normalized spacial score (nSPS) is 10.0. The Balaban J connectivity index is 2.08. The summed E-state index contributed by atoms with van der Waals surface area (Å²) in [7, 11) is 0. The zero-order valence-electron chi connectivity index (χ0n) is 9.77. The number of nitrogens with zero attached hydrogens (tertiary/aromatic N) is 1. The van der Waals surface area contributed by atoms with Gasteiger partial charge in [0.1, 0.15) is 0 Å². The van der Waals surface area contributed by atoms with Crippen LogP contribution in [0.3, 0.4) is 0 Å². The summed E-state index contributed by atoms with van der Waals surface area (Å²) in [6.07, 6.45) is 0.596. The quantitative estimate of drug-likeness (QED) is 0.577. The zero-order valence-corrected chi connectivity index (χ0v) is 12.2. The lowest BCUT2D eigenvalue weighted by Crippen LogP contribution is -1.80. The van der Waals surface area contributed by atoms with Crippen LogP contribution in [-0.4, -0.2) is 5.75 Å². The van der Waals surface area contributed by atoms with E-state index in [2.05, 4.69) is 58.4 Å². The maximum Gasteiger partial charge on any atom is 0.0630 e. The summed E-state index contributed by atoms with van der Waals surface area (Å²) in [5, 5.41) is 8.49. The van der Waals surface area contributed by atoms with Crippen molar-refractivity contribution in [1.29, 1.82) is 5.26 Å². The van der Waals surface area contributed by atoms with Gasteiger partial charge in [-0.2, -0.15) is 5.26 Å². The Bertz CT molecular complexity index is 540. The molecule has 2 rings (SSSR count). The van der Waals surface area contributed by atoms with Crippen LogP contribution in [0.4, 0.5) is 0 Å². The van der Waals surface area contributed by atoms with Crippen molar-refractivity contribution in [2.24, 2.45) is 0 Å². The van der Waals surface area contributed by atoms with Crippen LogP contribution >= 0.6 is 27.7 Å². The first-order valence-corrected chi connectivity index (χ1v) is 7.43. The highest BCUT2D eigenvalue weighted by Crippen LogP contribution is 2.25. The van der Waals surface area contributed by atoms with Crippen molar-refractivity contribution >= 4 is 27.7 Å². The molecule has 18 heavy (non-hydrogen) atoms. The molecule has 0 aromatic heterocycles. The maximum absolute atomic E-state index is 8.49. The molecular formula is C15H12BrNS. The topological polar surface area (TPSA) is 23.8 Å². The van der Waals surface area contributed by atoms with E-state index in [9.17, 15) is 0 Å². The van der Waals surface area contributed by atoms with Crippen molar-refractivity contribution in [2.45, 2.75) is 11.3 Å². The first kappa shape index (κ1) is 13.2. The van der Waals surface area contributed by atoms with Crippen molar-refractivity contribution in [3.8, 4) is 17.2 Å². The minimum absolute atomic E-state index is 0.596. The van der Waals surface area contributed by atoms with Crippen LogP contribution in [0.15, 0.2) is 57.9 Å². The number of rotatable bonds is 4. The highest BCUT2D eigenvalue weighted by Gasteiger charge is 1.98. The number of nitriles is 1. The second-order valence-electron chi connectivity index (χ2n) is 3.79. The second-order valence-corrected chi connectivity index (χ2v) is 5.87. The number of benzene rings is 2. The molecule has 0 aliphatic rings. The fraction of sp³-hybridized carbons (Fsp3) is 0.133. The predicted molar refractivity (Wildman–Crippen MR) is 80.5 cm³/mol. The van der Waals surface area contributed by atoms with Crippen LogP contribution < -0.4 is 0 Å². The third-order valence-electron chi connectivity index (χ3n) is 2.51. The van der Waals surface area contributed by atoms with E-state index in [1.54, 1.807) is 11.8 Å². The van der Waals surface area contributed by atoms with E-state index in [4.69, 9.17) is 5.26 Å². The first-order valence-electron chi connectivity index (χ1n) is 5.65. The average Bonchev–Trinajstić information content (AvgIpc) is 2.41. The summed E-state index contributed by atoms with van der Waals surface area (Å²) in [6, 6.07) is 18.9. The largest absolute Gasteiger partial charge is 0.198 e. The molecule has 0 aliphatic carbocycles. The van der Waals surface area contributed by atoms with Crippen LogP contribution in [0.1, 0.15) is 6.42 Å². The molecule has 90 valence electrons. The van der Waals surface area contributed by atoms with Gasteiger partial charge in [-0.1, -0.05) is 40.2 Å². The Morgan fingerprint density at radius 1 is 0.944 bits per heavy atom. The second kappa shape index (κ2) is 6.63. The lowest BCUT2D eigenvalue weighted by atomic mass is 10.1. The van der Waals surface area contributed by atoms with E-state index in [1.165, 1.54) is 16.0 Å². The van der Waals surface area contributed by atoms with Gasteiger partial charge in [0.2, 0.25) is 0 Å². The third kappa shape index (κ3) is 3.63. The molecule has 1 nitrogen and oxygen atoms in total. The summed E-state index contributed by atoms with van der Waals surface area (Å²) in [4.78, 5) is 1.21. The van der Waals surface area contributed by atoms with Crippen molar-refractivity contribution in [3.05, 3.63) is 53.0 Å². The van der Waals surface area contributed by atoms with E-state index in [0.29, 0.717) is 6.42 Å². The van der Waals surface area contributed by atoms with Gasteiger partial charge < -0.3 is 0 Å². The van der Waals surface area contributed by atoms with Crippen LogP contribution in [0.2, 0.25) is 0 Å². The lowest BCUT2D eigenvalue weighted by molar-refractivity contribution is 1.23. The van der Waals surface area contributed by atoms with Crippen LogP contribution in [0, 0.1) is 11.3 Å². The smallest absolute Gasteiger partial charge is 0.0630 e. The van der Waals surface area contributed by atoms with Crippen LogP contribution in [-0.2, 0) is 0 Å². The monoisotopic (exact) mass is 317 g/mol. The Morgan fingerprint density at radius 3 is 2.06 bits per heavy atom. The summed E-state index contributed by atoms with van der Waals surface area (Å²) >= 11 is 5.16. The SMILES string of the molecule is N#CCCSc1ccc(-c2ccc(Br)cc2)cc1. The van der Waals surface area contributed by atoms with Gasteiger partial charge in [0.15, 0.2) is 0 Å². The van der Waals surface area contributed by atoms with Crippen molar-refractivity contribution < 1.29 is 0 Å². The van der Waals surface area contributed by atoms with E-state index in [1.807, 2.05) is 12.1 Å². The Morgan fingerprint density at radius 2 is 1.50 bits per heavy atom. The number of hydrogen-bond acceptors (Lipinski definition) is 2. The van der Waals surface area contributed by atoms with Crippen LogP contribution in [0.25, 0.3) is 11.1 Å². The summed E-state index contributed by atoms with van der Waals surface area (Å²) < 4.78 is 1.09. The molecule has 0 radical (unpaired) electrons. The first-order chi connectivity index (χ1) is 8.79. The predicted octanol–water partition coefficient (Wildman–Crippen LogP) is 5.12. The van der Waals surface area contributed by atoms with E-state index < -0.39 is 0 Å². The number of halogens is 1. The number of hydrogen-bond donors (Lipinski definition) is 0. The van der Waals surface area contributed by atoms with Crippen molar-refractivity contribution in [1.82, 2.24) is 0 Å². The highest BCUT2D eigenvalue weighted by atomic mass is 79.9. The molecule has 0 unspecified atom stereocenters. The molecule has 2 aromatic carbocycles. The van der Waals surface area contributed by atoms with Crippen molar-refractivity contribution in [2.75, 3.05) is 5.75 Å². The molecule has 0 bridgehead atoms. The van der Waals surface area contributed by atoms with Gasteiger partial charge in [-0.15, -0.1) is 11.8 Å². The minimum atomic E-state index is 0.596. The summed E-state index contributed by atoms with van der Waals surface area (Å²) in [5.74, 6) is 0.855. The average molecular weight is 318 g/mol. The molecule has 3 heteroatoms. The van der Waals surface area contributed by atoms with Gasteiger partial charge in [-0.05, 0) is 35.4 Å². The molecule has 0 spiro atoms. The molecule has 2 aromatic rings. The fourth-order valence-corrected chi connectivity index (χ4v) is 2.62. The van der Waals surface area contributed by atoms with Gasteiger partial charge in [0, 0.05) is 21.5 Å². The molecule has 0 saturated heterocycles. The van der Waals surface area contributed by atoms with Gasteiger partial charge in [-0.3, -0.25) is 0 Å². The van der Waals surface area contributed by atoms with Gasteiger partial charge >= 0.3 is 0 Å². The van der Waals surface area contributed by atoms with Gasteiger partial charge in [0.05, 0.1) is 6.07 Å². The molecule has 0 fully saturated rings. The molecular weight excluding hydrogens is 306 g/mol. The van der Waals surface area contributed by atoms with Crippen molar-refractivity contribution in [3.63, 3.8) is 0 Å². The van der Waals surface area contributed by atoms with Crippen LogP contribution in [0.5, 0.6) is 0 Å². The summed E-state index contributed by atoms with van der Waals surface area (Å²) in [6.45, 7) is 0. The molecule has 0 N–H and O–H groups in total. The van der Waals surface area contributed by atoms with E-state index in [-0.39, 0.29) is 0 Å². The zero-order chi connectivity index (χ0) is 12.8. The Hall–Kier alpha value is -1.24. The third-order valence-corrected chi connectivity index (χ3v) is 4.06. The maximum atomic E-state index is 8.49. The molecule has 0 aliphatic heterocycles. The molecule has 0 amide bonds. The minimum Gasteiger partial charge on any atom is -0.198 e. The molecule has 0 atom stereocenters. The molecule has 0 heterocycles. The van der Waals surface area contributed by atoms with E-state index in [0.717, 1.165) is 10.2 Å². The number of thioether (sulfide) groups is 1. The Kier molecular flexibility index (Phi) is 4.86. The van der Waals surface area contributed by atoms with Gasteiger partial charge in [-0.25, -0.2) is 0 Å². The standard InChI is InChI=1S/C15H12BrNS/c16-14-6-2-12(3-7-14)13-4-8-15(9-5-13)18-11-1-10-17/h2-9H,1,11H2. The van der Waals surface area contributed by atoms with Gasteiger partial charge in [0.25, 0.3) is 0 Å². The summed E-state index contributed by atoms with van der Waals surface area (Å²) in [5.41, 5.74) is 2.43.